The van der Waals surface area contributed by atoms with Crippen molar-refractivity contribution in [2.45, 2.75) is 6.18 Å². The van der Waals surface area contributed by atoms with Crippen molar-refractivity contribution in [3.05, 3.63) is 28.8 Å². The van der Waals surface area contributed by atoms with Crippen LogP contribution in [0.2, 0.25) is 0 Å². The molecule has 15 heavy (non-hydrogen) atoms. The smallest absolute Gasteiger partial charge is 0.297 e. The molecule has 0 bridgehead atoms. The molecular formula is C9H4F3NOS. The summed E-state index contributed by atoms with van der Waals surface area (Å²) >= 11 is 0.948. The lowest BCUT2D eigenvalue weighted by Crippen LogP contribution is -2.06. The number of nitrogens with zero attached hydrogens (tertiary/aromatic N) is 1. The molecule has 0 amide bonds. The van der Waals surface area contributed by atoms with Gasteiger partial charge in [-0.05, 0) is 18.2 Å². The second-order valence-corrected chi connectivity index (χ2v) is 3.92. The number of fused-ring (bicyclic) bond motifs is 1. The lowest BCUT2D eigenvalue weighted by molar-refractivity contribution is -0.140. The standard InChI is InChI=1S/C9H4F3NOS/c10-9(11,12)7-2-1-5-3-6(4-14)15-8(5)13-7/h1-4H. The number of aldehydes is 1. The van der Waals surface area contributed by atoms with Crippen LogP contribution in [0.25, 0.3) is 10.2 Å². The highest BCUT2D eigenvalue weighted by atomic mass is 32.1. The van der Waals surface area contributed by atoms with Crippen LogP contribution in [-0.2, 0) is 6.18 Å². The molecule has 2 rings (SSSR count). The van der Waals surface area contributed by atoms with E-state index in [0.29, 0.717) is 16.5 Å². The van der Waals surface area contributed by atoms with Gasteiger partial charge in [0.25, 0.3) is 0 Å². The molecule has 2 aromatic rings. The molecule has 6 heteroatoms. The molecule has 0 fully saturated rings. The van der Waals surface area contributed by atoms with E-state index >= 15 is 0 Å². The van der Waals surface area contributed by atoms with Crippen LogP contribution in [0.5, 0.6) is 0 Å². The molecule has 2 nitrogen and oxygen atoms in total. The first-order valence-electron chi connectivity index (χ1n) is 3.93. The Kier molecular flexibility index (Phi) is 2.22. The van der Waals surface area contributed by atoms with Gasteiger partial charge in [0.05, 0.1) is 4.88 Å². The highest BCUT2D eigenvalue weighted by molar-refractivity contribution is 7.20. The van der Waals surface area contributed by atoms with Gasteiger partial charge in [-0.1, -0.05) is 0 Å². The first-order chi connectivity index (χ1) is 7.00. The molecule has 0 aliphatic carbocycles. The van der Waals surface area contributed by atoms with E-state index in [4.69, 9.17) is 0 Å². The maximum atomic E-state index is 12.3. The maximum absolute atomic E-state index is 12.3. The fourth-order valence-electron chi connectivity index (χ4n) is 1.15. The molecule has 0 saturated carbocycles. The Hall–Kier alpha value is -1.43. The molecule has 78 valence electrons. The van der Waals surface area contributed by atoms with Crippen LogP contribution in [0.1, 0.15) is 15.4 Å². The van der Waals surface area contributed by atoms with Crippen molar-refractivity contribution < 1.29 is 18.0 Å². The Bertz CT molecular complexity index is 518. The number of aromatic nitrogens is 1. The summed E-state index contributed by atoms with van der Waals surface area (Å²) in [5.74, 6) is 0. The number of thiophene rings is 1. The molecule has 0 radical (unpaired) electrons. The lowest BCUT2D eigenvalue weighted by Gasteiger charge is -2.03. The lowest BCUT2D eigenvalue weighted by atomic mass is 10.3. The van der Waals surface area contributed by atoms with Crippen LogP contribution in [-0.4, -0.2) is 11.3 Å². The highest BCUT2D eigenvalue weighted by Crippen LogP contribution is 2.31. The molecule has 2 heterocycles. The minimum atomic E-state index is -4.44. The number of hydrogen-bond acceptors (Lipinski definition) is 3. The summed E-state index contributed by atoms with van der Waals surface area (Å²) in [5.41, 5.74) is -0.936. The van der Waals surface area contributed by atoms with Crippen molar-refractivity contribution >= 4 is 27.8 Å². The minimum Gasteiger partial charge on any atom is -0.297 e. The second kappa shape index (κ2) is 3.30. The second-order valence-electron chi connectivity index (χ2n) is 2.86. The van der Waals surface area contributed by atoms with Gasteiger partial charge >= 0.3 is 6.18 Å². The summed E-state index contributed by atoms with van der Waals surface area (Å²) < 4.78 is 36.8. The van der Waals surface area contributed by atoms with Crippen LogP contribution >= 0.6 is 11.3 Å². The van der Waals surface area contributed by atoms with E-state index in [9.17, 15) is 18.0 Å². The van der Waals surface area contributed by atoms with E-state index in [1.165, 1.54) is 12.1 Å². The predicted octanol–water partition coefficient (Wildman–Crippen LogP) is 3.13. The van der Waals surface area contributed by atoms with Gasteiger partial charge in [-0.25, -0.2) is 4.98 Å². The number of carbonyl (C=O) groups is 1. The van der Waals surface area contributed by atoms with E-state index in [1.54, 1.807) is 0 Å². The van der Waals surface area contributed by atoms with E-state index in [2.05, 4.69) is 4.98 Å². The van der Waals surface area contributed by atoms with Crippen molar-refractivity contribution in [3.8, 4) is 0 Å². The molecule has 2 aromatic heterocycles. The molecule has 0 aromatic carbocycles. The normalized spacial score (nSPS) is 11.9. The number of carbonyl (C=O) groups excluding carboxylic acids is 1. The van der Waals surface area contributed by atoms with Gasteiger partial charge in [0.15, 0.2) is 6.29 Å². The monoisotopic (exact) mass is 231 g/mol. The summed E-state index contributed by atoms with van der Waals surface area (Å²) in [6, 6.07) is 3.73. The number of halogens is 3. The Morgan fingerprint density at radius 3 is 2.67 bits per heavy atom. The van der Waals surface area contributed by atoms with Crippen LogP contribution in [0.4, 0.5) is 13.2 Å². The Morgan fingerprint density at radius 2 is 2.07 bits per heavy atom. The fraction of sp³-hybridized carbons (Fsp3) is 0.111. The van der Waals surface area contributed by atoms with Crippen molar-refractivity contribution in [1.29, 1.82) is 0 Å². The minimum absolute atomic E-state index is 0.229. The van der Waals surface area contributed by atoms with Crippen molar-refractivity contribution in [3.63, 3.8) is 0 Å². The number of hydrogen-bond donors (Lipinski definition) is 0. The zero-order valence-corrected chi connectivity index (χ0v) is 8.02. The maximum Gasteiger partial charge on any atom is 0.433 e. The van der Waals surface area contributed by atoms with E-state index in [0.717, 1.165) is 17.4 Å². The number of alkyl halides is 3. The third-order valence-electron chi connectivity index (χ3n) is 1.81. The van der Waals surface area contributed by atoms with Gasteiger partial charge in [0.2, 0.25) is 0 Å². The Balaban J connectivity index is 2.60. The van der Waals surface area contributed by atoms with Crippen molar-refractivity contribution in [2.75, 3.05) is 0 Å². The number of pyridine rings is 1. The summed E-state index contributed by atoms with van der Waals surface area (Å²) in [6.07, 6.45) is -3.85. The van der Waals surface area contributed by atoms with Crippen LogP contribution < -0.4 is 0 Å². The zero-order chi connectivity index (χ0) is 11.1. The topological polar surface area (TPSA) is 30.0 Å². The quantitative estimate of drug-likeness (QED) is 0.706. The van der Waals surface area contributed by atoms with Crippen LogP contribution in [0.15, 0.2) is 18.2 Å². The van der Waals surface area contributed by atoms with E-state index in [1.807, 2.05) is 0 Å². The summed E-state index contributed by atoms with van der Waals surface area (Å²) in [5, 5.41) is 0.551. The van der Waals surface area contributed by atoms with Crippen molar-refractivity contribution in [1.82, 2.24) is 4.98 Å². The molecule has 0 atom stereocenters. The molecule has 0 N–H and O–H groups in total. The summed E-state index contributed by atoms with van der Waals surface area (Å²) in [6.45, 7) is 0. The molecule has 0 spiro atoms. The van der Waals surface area contributed by atoms with E-state index < -0.39 is 11.9 Å². The fourth-order valence-corrected chi connectivity index (χ4v) is 2.00. The predicted molar refractivity (Wildman–Crippen MR) is 50.0 cm³/mol. The summed E-state index contributed by atoms with van der Waals surface area (Å²) in [7, 11) is 0. The van der Waals surface area contributed by atoms with Gasteiger partial charge in [0, 0.05) is 5.39 Å². The molecule has 0 aliphatic heterocycles. The van der Waals surface area contributed by atoms with Gasteiger partial charge in [0.1, 0.15) is 10.5 Å². The number of rotatable bonds is 1. The largest absolute Gasteiger partial charge is 0.433 e. The van der Waals surface area contributed by atoms with E-state index in [-0.39, 0.29) is 4.83 Å². The van der Waals surface area contributed by atoms with Crippen LogP contribution in [0.3, 0.4) is 0 Å². The van der Waals surface area contributed by atoms with Gasteiger partial charge in [-0.2, -0.15) is 13.2 Å². The molecule has 0 aliphatic rings. The molecular weight excluding hydrogens is 227 g/mol. The van der Waals surface area contributed by atoms with Gasteiger partial charge < -0.3 is 0 Å². The third kappa shape index (κ3) is 1.85. The molecule has 0 unspecified atom stereocenters. The van der Waals surface area contributed by atoms with Gasteiger partial charge in [-0.15, -0.1) is 11.3 Å². The molecule has 0 saturated heterocycles. The summed E-state index contributed by atoms with van der Waals surface area (Å²) in [4.78, 5) is 14.5. The zero-order valence-electron chi connectivity index (χ0n) is 7.21. The Labute approximate surface area is 86.4 Å². The van der Waals surface area contributed by atoms with Crippen LogP contribution in [0, 0.1) is 0 Å². The first kappa shape index (κ1) is 10.1. The average molecular weight is 231 g/mol. The first-order valence-corrected chi connectivity index (χ1v) is 4.75. The average Bonchev–Trinajstić information content (AvgIpc) is 2.57. The highest BCUT2D eigenvalue weighted by Gasteiger charge is 2.32. The third-order valence-corrected chi connectivity index (χ3v) is 2.78. The van der Waals surface area contributed by atoms with Crippen molar-refractivity contribution in [2.24, 2.45) is 0 Å². The SMILES string of the molecule is O=Cc1cc2ccc(C(F)(F)F)nc2s1. The Morgan fingerprint density at radius 1 is 1.33 bits per heavy atom. The van der Waals surface area contributed by atoms with Gasteiger partial charge in [-0.3, -0.25) is 4.79 Å².